The molecule has 3 aromatic rings. The molecule has 0 unspecified atom stereocenters. The van der Waals surface area contributed by atoms with E-state index in [1.54, 1.807) is 23.9 Å². The Hall–Kier alpha value is -2.97. The lowest BCUT2D eigenvalue weighted by Gasteiger charge is -2.36. The molecule has 0 fully saturated rings. The average molecular weight is 467 g/mol. The van der Waals surface area contributed by atoms with Gasteiger partial charge in [0.15, 0.2) is 0 Å². The largest absolute Gasteiger partial charge is 0.544 e. The highest BCUT2D eigenvalue weighted by molar-refractivity contribution is 6.74. The van der Waals surface area contributed by atoms with Crippen LogP contribution in [0.3, 0.4) is 0 Å². The second-order valence-corrected chi connectivity index (χ2v) is 14.2. The number of rotatable bonds is 8. The van der Waals surface area contributed by atoms with Crippen LogP contribution in [-0.2, 0) is 11.3 Å². The first-order chi connectivity index (χ1) is 15.6. The molecule has 0 radical (unpaired) electrons. The summed E-state index contributed by atoms with van der Waals surface area (Å²) in [4.78, 5) is 16.9. The van der Waals surface area contributed by atoms with Crippen LogP contribution in [0.15, 0.2) is 48.7 Å². The second kappa shape index (κ2) is 9.89. The van der Waals surface area contributed by atoms with Gasteiger partial charge in [0.05, 0.1) is 24.5 Å². The molecular weight excluding hydrogens is 432 g/mol. The molecule has 1 aromatic carbocycles. The first kappa shape index (κ1) is 24.7. The quantitative estimate of drug-likeness (QED) is 0.365. The molecule has 0 aliphatic rings. The van der Waals surface area contributed by atoms with Crippen LogP contribution in [0, 0.1) is 0 Å². The third-order valence-corrected chi connectivity index (χ3v) is 10.3. The Labute approximate surface area is 197 Å². The van der Waals surface area contributed by atoms with E-state index in [9.17, 15) is 4.79 Å². The van der Waals surface area contributed by atoms with Gasteiger partial charge in [-0.05, 0) is 67.5 Å². The van der Waals surface area contributed by atoms with Crippen molar-refractivity contribution < 1.29 is 14.0 Å². The minimum atomic E-state index is -1.89. The molecule has 0 bridgehead atoms. The Kier molecular flexibility index (Phi) is 7.39. The number of aromatic nitrogens is 3. The molecule has 8 heteroatoms. The number of ether oxygens (including phenoxy) is 1. The summed E-state index contributed by atoms with van der Waals surface area (Å²) in [6.07, 6.45) is 1.75. The zero-order valence-electron chi connectivity index (χ0n) is 20.4. The van der Waals surface area contributed by atoms with Crippen LogP contribution in [0.1, 0.15) is 38.2 Å². The van der Waals surface area contributed by atoms with Crippen LogP contribution in [0.2, 0.25) is 18.1 Å². The van der Waals surface area contributed by atoms with Gasteiger partial charge in [-0.25, -0.2) is 4.79 Å². The third kappa shape index (κ3) is 5.69. The van der Waals surface area contributed by atoms with E-state index in [1.807, 2.05) is 36.4 Å². The van der Waals surface area contributed by atoms with Gasteiger partial charge >= 0.3 is 5.97 Å². The number of nitrogens with zero attached hydrogens (tertiary/aromatic N) is 3. The van der Waals surface area contributed by atoms with Gasteiger partial charge in [-0.15, -0.1) is 0 Å². The highest BCUT2D eigenvalue weighted by Crippen LogP contribution is 2.37. The molecule has 33 heavy (non-hydrogen) atoms. The van der Waals surface area contributed by atoms with E-state index in [0.29, 0.717) is 31.1 Å². The Balaban J connectivity index is 1.87. The van der Waals surface area contributed by atoms with Gasteiger partial charge < -0.3 is 14.9 Å². The zero-order chi connectivity index (χ0) is 24.2. The maximum absolute atomic E-state index is 12.3. The van der Waals surface area contributed by atoms with Crippen molar-refractivity contribution in [2.75, 3.05) is 13.2 Å². The number of nitrogens with two attached hydrogens (primary N) is 1. The smallest absolute Gasteiger partial charge is 0.356 e. The van der Waals surface area contributed by atoms with E-state index in [-0.39, 0.29) is 5.04 Å². The lowest BCUT2D eigenvalue weighted by Crippen LogP contribution is -2.43. The molecule has 0 atom stereocenters. The fourth-order valence-corrected chi connectivity index (χ4v) is 4.14. The Bertz CT molecular complexity index is 1100. The van der Waals surface area contributed by atoms with E-state index < -0.39 is 14.3 Å². The van der Waals surface area contributed by atoms with Crippen molar-refractivity contribution in [3.63, 3.8) is 0 Å². The van der Waals surface area contributed by atoms with Crippen molar-refractivity contribution in [3.05, 3.63) is 54.4 Å². The summed E-state index contributed by atoms with van der Waals surface area (Å²) >= 11 is 0. The highest BCUT2D eigenvalue weighted by atomic mass is 28.4. The van der Waals surface area contributed by atoms with E-state index in [2.05, 4.69) is 43.9 Å². The first-order valence-corrected chi connectivity index (χ1v) is 14.2. The monoisotopic (exact) mass is 466 g/mol. The molecule has 7 nitrogen and oxygen atoms in total. The standard InChI is InChI=1S/C25H34N4O3Si/c1-7-31-24(30)23-17-22(28-29(23)15-13-26)19-12-14-27-21(16-19)18-8-10-20(11-9-18)32-33(5,6)25(2,3)4/h8-12,14,16-17H,7,13,15,26H2,1-6H3. The molecule has 0 spiro atoms. The van der Waals surface area contributed by atoms with Gasteiger partial charge in [-0.3, -0.25) is 9.67 Å². The Morgan fingerprint density at radius 3 is 2.36 bits per heavy atom. The van der Waals surface area contributed by atoms with Crippen LogP contribution >= 0.6 is 0 Å². The minimum Gasteiger partial charge on any atom is -0.544 e. The lowest BCUT2D eigenvalue weighted by atomic mass is 10.1. The van der Waals surface area contributed by atoms with Crippen LogP contribution in [0.5, 0.6) is 5.75 Å². The van der Waals surface area contributed by atoms with E-state index in [0.717, 1.165) is 22.6 Å². The van der Waals surface area contributed by atoms with E-state index in [1.165, 1.54) is 0 Å². The molecule has 2 N–H and O–H groups in total. The molecule has 0 aliphatic carbocycles. The van der Waals surface area contributed by atoms with Crippen LogP contribution < -0.4 is 10.2 Å². The van der Waals surface area contributed by atoms with Gasteiger partial charge in [0.25, 0.3) is 0 Å². The minimum absolute atomic E-state index is 0.136. The molecule has 0 saturated heterocycles. The SMILES string of the molecule is CCOC(=O)c1cc(-c2ccnc(-c3ccc(O[Si](C)(C)C(C)(C)C)cc3)c2)nn1CCN. The number of benzene rings is 1. The van der Waals surface area contributed by atoms with E-state index >= 15 is 0 Å². The van der Waals surface area contributed by atoms with Gasteiger partial charge in [0, 0.05) is 23.9 Å². The van der Waals surface area contributed by atoms with Gasteiger partial charge in [0.1, 0.15) is 11.4 Å². The number of pyridine rings is 1. The van der Waals surface area contributed by atoms with Crippen LogP contribution in [-0.4, -0.2) is 42.2 Å². The molecule has 0 amide bonds. The zero-order valence-corrected chi connectivity index (χ0v) is 21.4. The summed E-state index contributed by atoms with van der Waals surface area (Å²) < 4.78 is 13.1. The maximum Gasteiger partial charge on any atom is 0.356 e. The van der Waals surface area contributed by atoms with Crippen LogP contribution in [0.4, 0.5) is 0 Å². The first-order valence-electron chi connectivity index (χ1n) is 11.3. The molecule has 0 aliphatic heterocycles. The normalized spacial score (nSPS) is 12.0. The van der Waals surface area contributed by atoms with Crippen molar-refractivity contribution in [2.45, 2.75) is 52.4 Å². The van der Waals surface area contributed by atoms with Crippen molar-refractivity contribution >= 4 is 14.3 Å². The topological polar surface area (TPSA) is 92.3 Å². The molecule has 176 valence electrons. The number of carbonyl (C=O) groups is 1. The van der Waals surface area contributed by atoms with Crippen molar-refractivity contribution in [1.82, 2.24) is 14.8 Å². The van der Waals surface area contributed by atoms with Crippen molar-refractivity contribution in [2.24, 2.45) is 5.73 Å². The summed E-state index contributed by atoms with van der Waals surface area (Å²) in [5.41, 5.74) is 9.42. The fourth-order valence-electron chi connectivity index (χ4n) is 3.11. The molecule has 0 saturated carbocycles. The Morgan fingerprint density at radius 2 is 1.76 bits per heavy atom. The summed E-state index contributed by atoms with van der Waals surface area (Å²) in [7, 11) is -1.89. The maximum atomic E-state index is 12.3. The number of hydrogen-bond acceptors (Lipinski definition) is 6. The summed E-state index contributed by atoms with van der Waals surface area (Å²) in [5.74, 6) is 0.470. The molecule has 3 rings (SSSR count). The summed E-state index contributed by atoms with van der Waals surface area (Å²) in [6.45, 7) is 14.0. The second-order valence-electron chi connectivity index (χ2n) is 9.46. The van der Waals surface area contributed by atoms with E-state index in [4.69, 9.17) is 14.9 Å². The van der Waals surface area contributed by atoms with Crippen molar-refractivity contribution in [3.8, 4) is 28.3 Å². The predicted octanol–water partition coefficient (Wildman–Crippen LogP) is 5.13. The van der Waals surface area contributed by atoms with Gasteiger partial charge in [-0.2, -0.15) is 5.10 Å². The number of hydrogen-bond donors (Lipinski definition) is 1. The van der Waals surface area contributed by atoms with Gasteiger partial charge in [0.2, 0.25) is 8.32 Å². The molecular formula is C25H34N4O3Si. The molecule has 2 aromatic heterocycles. The number of carbonyl (C=O) groups excluding carboxylic acids is 1. The average Bonchev–Trinajstić information content (AvgIpc) is 3.18. The lowest BCUT2D eigenvalue weighted by molar-refractivity contribution is 0.0512. The molecule has 2 heterocycles. The van der Waals surface area contributed by atoms with Crippen LogP contribution in [0.25, 0.3) is 22.5 Å². The fraction of sp³-hybridized carbons (Fsp3) is 0.400. The van der Waals surface area contributed by atoms with Crippen molar-refractivity contribution in [1.29, 1.82) is 0 Å². The third-order valence-electron chi connectivity index (χ3n) is 5.99. The highest BCUT2D eigenvalue weighted by Gasteiger charge is 2.38. The summed E-state index contributed by atoms with van der Waals surface area (Å²) in [5, 5.41) is 4.71. The van der Waals surface area contributed by atoms with Gasteiger partial charge in [-0.1, -0.05) is 20.8 Å². The number of esters is 1. The summed E-state index contributed by atoms with van der Waals surface area (Å²) in [6, 6.07) is 13.6. The Morgan fingerprint density at radius 1 is 1.06 bits per heavy atom. The predicted molar refractivity (Wildman–Crippen MR) is 134 cm³/mol.